The lowest BCUT2D eigenvalue weighted by Crippen LogP contribution is -2.09. The van der Waals surface area contributed by atoms with Gasteiger partial charge in [0.2, 0.25) is 5.78 Å². The van der Waals surface area contributed by atoms with Gasteiger partial charge < -0.3 is 10.0 Å². The van der Waals surface area contributed by atoms with Gasteiger partial charge in [-0.1, -0.05) is 12.1 Å². The van der Waals surface area contributed by atoms with Gasteiger partial charge in [-0.15, -0.1) is 0 Å². The topological polar surface area (TPSA) is 64.3 Å². The van der Waals surface area contributed by atoms with Crippen LogP contribution in [0.3, 0.4) is 0 Å². The van der Waals surface area contributed by atoms with Crippen LogP contribution in [0, 0.1) is 11.3 Å². The second-order valence-corrected chi connectivity index (χ2v) is 5.03. The summed E-state index contributed by atoms with van der Waals surface area (Å²) in [6.07, 6.45) is 1.52. The summed E-state index contributed by atoms with van der Waals surface area (Å²) >= 11 is 0. The molecule has 4 nitrogen and oxygen atoms in total. The molecular weight excluding hydrogens is 276 g/mol. The number of nitriles is 1. The van der Waals surface area contributed by atoms with Crippen molar-refractivity contribution >= 4 is 17.5 Å². The fourth-order valence-electron chi connectivity index (χ4n) is 1.95. The van der Waals surface area contributed by atoms with Gasteiger partial charge in [0.1, 0.15) is 17.4 Å². The first-order chi connectivity index (χ1) is 10.5. The first kappa shape index (κ1) is 15.3. The molecule has 2 aromatic rings. The van der Waals surface area contributed by atoms with Gasteiger partial charge >= 0.3 is 0 Å². The molecule has 0 amide bonds. The summed E-state index contributed by atoms with van der Waals surface area (Å²) in [5.74, 6) is -0.179. The molecule has 0 aromatic heterocycles. The number of phenols is 1. The zero-order chi connectivity index (χ0) is 16.1. The van der Waals surface area contributed by atoms with Gasteiger partial charge in [0.15, 0.2) is 0 Å². The number of anilines is 1. The second kappa shape index (κ2) is 6.59. The Balaban J connectivity index is 2.29. The lowest BCUT2D eigenvalue weighted by atomic mass is 10.0. The largest absolute Gasteiger partial charge is 0.508 e. The quantitative estimate of drug-likeness (QED) is 0.534. The average molecular weight is 292 g/mol. The Morgan fingerprint density at radius 2 is 1.68 bits per heavy atom. The molecule has 0 fully saturated rings. The number of benzene rings is 2. The van der Waals surface area contributed by atoms with Gasteiger partial charge in [0, 0.05) is 25.3 Å². The fourth-order valence-corrected chi connectivity index (χ4v) is 1.95. The summed E-state index contributed by atoms with van der Waals surface area (Å²) in [5.41, 5.74) is 2.20. The van der Waals surface area contributed by atoms with Crippen LogP contribution in [0.5, 0.6) is 5.75 Å². The van der Waals surface area contributed by atoms with E-state index in [1.165, 1.54) is 18.2 Å². The highest BCUT2D eigenvalue weighted by atomic mass is 16.3. The van der Waals surface area contributed by atoms with E-state index in [4.69, 9.17) is 0 Å². The van der Waals surface area contributed by atoms with E-state index in [0.717, 1.165) is 5.69 Å². The maximum absolute atomic E-state index is 12.4. The predicted molar refractivity (Wildman–Crippen MR) is 86.8 cm³/mol. The maximum Gasteiger partial charge on any atom is 0.203 e. The third-order valence-corrected chi connectivity index (χ3v) is 3.22. The van der Waals surface area contributed by atoms with Crippen LogP contribution in [0.25, 0.3) is 6.08 Å². The van der Waals surface area contributed by atoms with Gasteiger partial charge in [0.25, 0.3) is 0 Å². The van der Waals surface area contributed by atoms with Crippen molar-refractivity contribution in [3.05, 3.63) is 65.2 Å². The van der Waals surface area contributed by atoms with Crippen molar-refractivity contribution in [2.24, 2.45) is 0 Å². The Morgan fingerprint density at radius 3 is 2.18 bits per heavy atom. The number of nitrogens with zero attached hydrogens (tertiary/aromatic N) is 2. The average Bonchev–Trinajstić information content (AvgIpc) is 2.53. The highest BCUT2D eigenvalue weighted by molar-refractivity contribution is 6.14. The summed E-state index contributed by atoms with van der Waals surface area (Å²) in [6.45, 7) is 0. The number of carbonyl (C=O) groups excluding carboxylic acids is 1. The molecule has 1 N–H and O–H groups in total. The number of Topliss-reactive ketones (excluding diaryl/α,β-unsaturated/α-hetero) is 1. The molecule has 0 spiro atoms. The van der Waals surface area contributed by atoms with Crippen molar-refractivity contribution in [3.63, 3.8) is 0 Å². The highest BCUT2D eigenvalue weighted by Gasteiger charge is 2.12. The molecule has 0 aliphatic heterocycles. The molecule has 0 radical (unpaired) electrons. The van der Waals surface area contributed by atoms with Crippen molar-refractivity contribution < 1.29 is 9.90 Å². The van der Waals surface area contributed by atoms with Crippen LogP contribution in [0.1, 0.15) is 15.9 Å². The molecule has 110 valence electrons. The molecule has 0 aliphatic rings. The normalized spacial score (nSPS) is 10.9. The van der Waals surface area contributed by atoms with E-state index in [-0.39, 0.29) is 17.1 Å². The third kappa shape index (κ3) is 3.53. The molecule has 0 saturated carbocycles. The number of rotatable bonds is 4. The molecule has 0 atom stereocenters. The molecule has 0 heterocycles. The Morgan fingerprint density at radius 1 is 1.09 bits per heavy atom. The Kier molecular flexibility index (Phi) is 4.60. The maximum atomic E-state index is 12.4. The van der Waals surface area contributed by atoms with Crippen molar-refractivity contribution in [2.45, 2.75) is 0 Å². The van der Waals surface area contributed by atoms with Crippen LogP contribution in [0.15, 0.2) is 54.1 Å². The summed E-state index contributed by atoms with van der Waals surface area (Å²) in [5, 5.41) is 18.5. The van der Waals surface area contributed by atoms with Gasteiger partial charge in [-0.25, -0.2) is 0 Å². The minimum Gasteiger partial charge on any atom is -0.508 e. The monoisotopic (exact) mass is 292 g/mol. The smallest absolute Gasteiger partial charge is 0.203 e. The minimum atomic E-state index is -0.319. The molecule has 0 bridgehead atoms. The molecule has 4 heteroatoms. The predicted octanol–water partition coefficient (Wildman–Crippen LogP) is 3.25. The molecule has 0 saturated heterocycles. The van der Waals surface area contributed by atoms with Crippen molar-refractivity contribution in [1.82, 2.24) is 0 Å². The second-order valence-electron chi connectivity index (χ2n) is 5.03. The highest BCUT2D eigenvalue weighted by Crippen LogP contribution is 2.17. The first-order valence-corrected chi connectivity index (χ1v) is 6.74. The van der Waals surface area contributed by atoms with E-state index in [0.29, 0.717) is 11.1 Å². The van der Waals surface area contributed by atoms with Gasteiger partial charge in [-0.3, -0.25) is 4.79 Å². The van der Waals surface area contributed by atoms with E-state index < -0.39 is 0 Å². The summed E-state index contributed by atoms with van der Waals surface area (Å²) in [7, 11) is 3.84. The Labute approximate surface area is 129 Å². The molecular formula is C18H16N2O2. The lowest BCUT2D eigenvalue weighted by Gasteiger charge is -2.12. The number of phenolic OH excluding ortho intramolecular Hbond substituents is 1. The number of allylic oxidation sites excluding steroid dienone is 1. The fraction of sp³-hybridized carbons (Fsp3) is 0.111. The number of aromatic hydroxyl groups is 1. The van der Waals surface area contributed by atoms with Gasteiger partial charge in [0.05, 0.1) is 0 Å². The summed E-state index contributed by atoms with van der Waals surface area (Å²) in [4.78, 5) is 14.3. The molecule has 0 aliphatic carbocycles. The molecule has 0 unspecified atom stereocenters. The van der Waals surface area contributed by atoms with Crippen molar-refractivity contribution in [1.29, 1.82) is 5.26 Å². The number of ketones is 1. The SMILES string of the molecule is CN(C)c1ccc(C(=O)C(C#N)=Cc2ccc(O)cc2)cc1. The van der Waals surface area contributed by atoms with E-state index in [2.05, 4.69) is 0 Å². The number of hydrogen-bond acceptors (Lipinski definition) is 4. The van der Waals surface area contributed by atoms with Crippen molar-refractivity contribution in [3.8, 4) is 11.8 Å². The third-order valence-electron chi connectivity index (χ3n) is 3.22. The van der Waals surface area contributed by atoms with Crippen LogP contribution < -0.4 is 4.90 Å². The number of carbonyl (C=O) groups is 1. The molecule has 22 heavy (non-hydrogen) atoms. The van der Waals surface area contributed by atoms with Crippen LogP contribution >= 0.6 is 0 Å². The zero-order valence-electron chi connectivity index (χ0n) is 12.4. The van der Waals surface area contributed by atoms with Crippen molar-refractivity contribution in [2.75, 3.05) is 19.0 Å². The molecule has 2 rings (SSSR count). The first-order valence-electron chi connectivity index (χ1n) is 6.74. The van der Waals surface area contributed by atoms with E-state index >= 15 is 0 Å². The standard InChI is InChI=1S/C18H16N2O2/c1-20(2)16-7-5-14(6-8-16)18(22)15(12-19)11-13-3-9-17(21)10-4-13/h3-11,21H,1-2H3. The van der Waals surface area contributed by atoms with Crippen LogP contribution in [-0.4, -0.2) is 25.0 Å². The molecule has 2 aromatic carbocycles. The summed E-state index contributed by atoms with van der Waals surface area (Å²) in [6, 6.07) is 15.3. The Bertz CT molecular complexity index is 736. The Hall–Kier alpha value is -3.06. The van der Waals surface area contributed by atoms with E-state index in [1.54, 1.807) is 24.3 Å². The van der Waals surface area contributed by atoms with Gasteiger partial charge in [-0.05, 0) is 48.0 Å². The summed E-state index contributed by atoms with van der Waals surface area (Å²) < 4.78 is 0. The van der Waals surface area contributed by atoms with Crippen LogP contribution in [0.2, 0.25) is 0 Å². The van der Waals surface area contributed by atoms with Gasteiger partial charge in [-0.2, -0.15) is 5.26 Å². The van der Waals surface area contributed by atoms with E-state index in [1.807, 2.05) is 37.2 Å². The van der Waals surface area contributed by atoms with E-state index in [9.17, 15) is 15.2 Å². The number of hydrogen-bond donors (Lipinski definition) is 1. The lowest BCUT2D eigenvalue weighted by molar-refractivity contribution is 0.104. The minimum absolute atomic E-state index is 0.0586. The zero-order valence-corrected chi connectivity index (χ0v) is 12.4. The van der Waals surface area contributed by atoms with Crippen LogP contribution in [0.4, 0.5) is 5.69 Å². The van der Waals surface area contributed by atoms with Crippen LogP contribution in [-0.2, 0) is 0 Å².